The third kappa shape index (κ3) is 2.98. The van der Waals surface area contributed by atoms with Gasteiger partial charge in [0.25, 0.3) is 0 Å². The van der Waals surface area contributed by atoms with Gasteiger partial charge in [-0.1, -0.05) is 13.3 Å². The molecule has 0 unspecified atom stereocenters. The Morgan fingerprint density at radius 3 is 2.35 bits per heavy atom. The number of alkyl halides is 4. The third-order valence-corrected chi connectivity index (χ3v) is 3.31. The van der Waals surface area contributed by atoms with Crippen LogP contribution >= 0.6 is 11.6 Å². The minimum atomic E-state index is -4.32. The first-order valence-corrected chi connectivity index (χ1v) is 6.80. The highest BCUT2D eigenvalue weighted by atomic mass is 35.5. The van der Waals surface area contributed by atoms with Crippen LogP contribution in [0, 0.1) is 0 Å². The van der Waals surface area contributed by atoms with E-state index in [-0.39, 0.29) is 0 Å². The highest BCUT2D eigenvalue weighted by molar-refractivity contribution is 6.17. The minimum absolute atomic E-state index is 0.343. The van der Waals surface area contributed by atoms with Crippen LogP contribution in [0.15, 0.2) is 30.5 Å². The van der Waals surface area contributed by atoms with Crippen LogP contribution in [0.25, 0.3) is 5.69 Å². The Hall–Kier alpha value is -1.49. The van der Waals surface area contributed by atoms with E-state index < -0.39 is 11.7 Å². The lowest BCUT2D eigenvalue weighted by molar-refractivity contribution is -0.137. The summed E-state index contributed by atoms with van der Waals surface area (Å²) in [5, 5.41) is 4.22. The molecule has 0 atom stereocenters. The van der Waals surface area contributed by atoms with Gasteiger partial charge in [-0.05, 0) is 30.7 Å². The van der Waals surface area contributed by atoms with Gasteiger partial charge in [-0.2, -0.15) is 18.3 Å². The standard InChI is InChI=1S/C14H14ClF3N2/c1-2-3-13-10(8-15)9-19-20(13)12-6-4-11(5-7-12)14(16,17)18/h4-7,9H,2-3,8H2,1H3. The Balaban J connectivity index is 2.39. The summed E-state index contributed by atoms with van der Waals surface area (Å²) in [6.07, 6.45) is -0.967. The summed E-state index contributed by atoms with van der Waals surface area (Å²) in [5.74, 6) is 0.343. The first-order valence-electron chi connectivity index (χ1n) is 6.26. The number of halogens is 4. The van der Waals surface area contributed by atoms with Crippen LogP contribution in [-0.4, -0.2) is 9.78 Å². The maximum absolute atomic E-state index is 12.5. The number of benzene rings is 1. The second-order valence-electron chi connectivity index (χ2n) is 4.46. The molecule has 0 aliphatic rings. The van der Waals surface area contributed by atoms with Crippen LogP contribution < -0.4 is 0 Å². The Bertz CT molecular complexity index is 573. The summed E-state index contributed by atoms with van der Waals surface area (Å²) in [5.41, 5.74) is 1.80. The lowest BCUT2D eigenvalue weighted by Crippen LogP contribution is -2.07. The molecule has 0 bridgehead atoms. The van der Waals surface area contributed by atoms with Gasteiger partial charge in [-0.15, -0.1) is 11.6 Å². The fraction of sp³-hybridized carbons (Fsp3) is 0.357. The molecule has 0 aliphatic heterocycles. The molecule has 0 saturated carbocycles. The molecule has 0 fully saturated rings. The predicted molar refractivity (Wildman–Crippen MR) is 72.1 cm³/mol. The van der Waals surface area contributed by atoms with E-state index in [1.54, 1.807) is 10.9 Å². The molecule has 0 saturated heterocycles. The molecule has 0 amide bonds. The highest BCUT2D eigenvalue weighted by Crippen LogP contribution is 2.30. The largest absolute Gasteiger partial charge is 0.416 e. The SMILES string of the molecule is CCCc1c(CCl)cnn1-c1ccc(C(F)(F)F)cc1. The van der Waals surface area contributed by atoms with E-state index in [1.807, 2.05) is 6.92 Å². The lowest BCUT2D eigenvalue weighted by atomic mass is 10.1. The molecule has 0 N–H and O–H groups in total. The van der Waals surface area contributed by atoms with E-state index >= 15 is 0 Å². The third-order valence-electron chi connectivity index (χ3n) is 3.03. The molecule has 0 aliphatic carbocycles. The molecular weight excluding hydrogens is 289 g/mol. The van der Waals surface area contributed by atoms with Crippen molar-refractivity contribution in [1.82, 2.24) is 9.78 Å². The zero-order valence-electron chi connectivity index (χ0n) is 10.9. The average molecular weight is 303 g/mol. The monoisotopic (exact) mass is 302 g/mol. The smallest absolute Gasteiger partial charge is 0.238 e. The van der Waals surface area contributed by atoms with Crippen molar-refractivity contribution < 1.29 is 13.2 Å². The van der Waals surface area contributed by atoms with Gasteiger partial charge < -0.3 is 0 Å². The lowest BCUT2D eigenvalue weighted by Gasteiger charge is -2.10. The molecule has 2 aromatic rings. The van der Waals surface area contributed by atoms with Crippen LogP contribution in [0.4, 0.5) is 13.2 Å². The van der Waals surface area contributed by atoms with Crippen molar-refractivity contribution in [2.75, 3.05) is 0 Å². The number of hydrogen-bond donors (Lipinski definition) is 0. The molecule has 0 spiro atoms. The van der Waals surface area contributed by atoms with Gasteiger partial charge in [0.05, 0.1) is 23.3 Å². The summed E-state index contributed by atoms with van der Waals surface area (Å²) < 4.78 is 39.3. The zero-order chi connectivity index (χ0) is 14.8. The maximum Gasteiger partial charge on any atom is 0.416 e. The molecule has 2 rings (SSSR count). The first kappa shape index (κ1) is 14.9. The van der Waals surface area contributed by atoms with E-state index in [4.69, 9.17) is 11.6 Å². The predicted octanol–water partition coefficient (Wildman–Crippen LogP) is 4.58. The van der Waals surface area contributed by atoms with Gasteiger partial charge in [0, 0.05) is 11.3 Å². The van der Waals surface area contributed by atoms with Gasteiger partial charge in [0.15, 0.2) is 0 Å². The summed E-state index contributed by atoms with van der Waals surface area (Å²) in [4.78, 5) is 0. The minimum Gasteiger partial charge on any atom is -0.238 e. The van der Waals surface area contributed by atoms with Crippen LogP contribution in [-0.2, 0) is 18.5 Å². The van der Waals surface area contributed by atoms with E-state index in [2.05, 4.69) is 5.10 Å². The normalized spacial score (nSPS) is 11.8. The number of aromatic nitrogens is 2. The first-order chi connectivity index (χ1) is 9.47. The second kappa shape index (κ2) is 5.87. The molecule has 1 aromatic heterocycles. The van der Waals surface area contributed by atoms with Gasteiger partial charge in [0.2, 0.25) is 0 Å². The van der Waals surface area contributed by atoms with Crippen molar-refractivity contribution in [2.45, 2.75) is 31.8 Å². The van der Waals surface area contributed by atoms with E-state index in [0.717, 1.165) is 36.2 Å². The molecule has 6 heteroatoms. The number of rotatable bonds is 4. The van der Waals surface area contributed by atoms with Crippen molar-refractivity contribution in [3.63, 3.8) is 0 Å². The van der Waals surface area contributed by atoms with Crippen LogP contribution in [0.1, 0.15) is 30.2 Å². The van der Waals surface area contributed by atoms with Crippen LogP contribution in [0.2, 0.25) is 0 Å². The quantitative estimate of drug-likeness (QED) is 0.756. The Kier molecular flexibility index (Phi) is 4.38. The zero-order valence-corrected chi connectivity index (χ0v) is 11.7. The summed E-state index contributed by atoms with van der Waals surface area (Å²) in [6.45, 7) is 2.03. The van der Waals surface area contributed by atoms with Gasteiger partial charge in [-0.3, -0.25) is 0 Å². The van der Waals surface area contributed by atoms with Gasteiger partial charge >= 0.3 is 6.18 Å². The summed E-state index contributed by atoms with van der Waals surface area (Å²) in [7, 11) is 0. The van der Waals surface area contributed by atoms with Crippen molar-refractivity contribution in [1.29, 1.82) is 0 Å². The fourth-order valence-electron chi connectivity index (χ4n) is 2.04. The molecule has 2 nitrogen and oxygen atoms in total. The highest BCUT2D eigenvalue weighted by Gasteiger charge is 2.30. The second-order valence-corrected chi connectivity index (χ2v) is 4.72. The van der Waals surface area contributed by atoms with E-state index in [0.29, 0.717) is 11.6 Å². The number of hydrogen-bond acceptors (Lipinski definition) is 1. The Labute approximate surface area is 120 Å². The number of nitrogens with zero attached hydrogens (tertiary/aromatic N) is 2. The van der Waals surface area contributed by atoms with Crippen LogP contribution in [0.3, 0.4) is 0 Å². The summed E-state index contributed by atoms with van der Waals surface area (Å²) >= 11 is 5.85. The Morgan fingerprint density at radius 2 is 1.85 bits per heavy atom. The molecule has 0 radical (unpaired) electrons. The Morgan fingerprint density at radius 1 is 1.20 bits per heavy atom. The van der Waals surface area contributed by atoms with Crippen molar-refractivity contribution in [2.24, 2.45) is 0 Å². The topological polar surface area (TPSA) is 17.8 Å². The van der Waals surface area contributed by atoms with E-state index in [9.17, 15) is 13.2 Å². The maximum atomic E-state index is 12.5. The molecule has 1 aromatic carbocycles. The van der Waals surface area contributed by atoms with Crippen molar-refractivity contribution in [3.8, 4) is 5.69 Å². The fourth-order valence-corrected chi connectivity index (χ4v) is 2.26. The van der Waals surface area contributed by atoms with Crippen molar-refractivity contribution in [3.05, 3.63) is 47.3 Å². The molecule has 108 valence electrons. The summed E-state index contributed by atoms with van der Waals surface area (Å²) in [6, 6.07) is 4.97. The van der Waals surface area contributed by atoms with Crippen LogP contribution in [0.5, 0.6) is 0 Å². The van der Waals surface area contributed by atoms with Gasteiger partial charge in [0.1, 0.15) is 0 Å². The average Bonchev–Trinajstić information content (AvgIpc) is 2.81. The van der Waals surface area contributed by atoms with Crippen molar-refractivity contribution >= 4 is 11.6 Å². The molecule has 1 heterocycles. The van der Waals surface area contributed by atoms with Gasteiger partial charge in [-0.25, -0.2) is 4.68 Å². The molecule has 20 heavy (non-hydrogen) atoms. The van der Waals surface area contributed by atoms with E-state index in [1.165, 1.54) is 12.1 Å². The molecular formula is C14H14ClF3N2.